The van der Waals surface area contributed by atoms with Crippen molar-refractivity contribution in [2.24, 2.45) is 0 Å². The van der Waals surface area contributed by atoms with Gasteiger partial charge in [-0.05, 0) is 24.3 Å². The molecule has 118 valence electrons. The zero-order valence-electron chi connectivity index (χ0n) is 11.8. The minimum Gasteiger partial charge on any atom is -0.452 e. The number of ether oxygens (including phenoxy) is 1. The molecule has 0 saturated carbocycles. The lowest BCUT2D eigenvalue weighted by Crippen LogP contribution is -2.20. The minimum absolute atomic E-state index is 0.249. The molecule has 7 heteroatoms. The molecule has 5 nitrogen and oxygen atoms in total. The first-order chi connectivity index (χ1) is 11.0. The van der Waals surface area contributed by atoms with Crippen LogP contribution >= 0.6 is 11.6 Å². The Morgan fingerprint density at radius 1 is 1.26 bits per heavy atom. The van der Waals surface area contributed by atoms with Crippen LogP contribution in [0.25, 0.3) is 6.08 Å². The van der Waals surface area contributed by atoms with Gasteiger partial charge in [-0.15, -0.1) is 0 Å². The highest BCUT2D eigenvalue weighted by molar-refractivity contribution is 6.30. The Morgan fingerprint density at radius 2 is 2.04 bits per heavy atom. The second-order valence-corrected chi connectivity index (χ2v) is 4.81. The molecule has 2 aromatic rings. The zero-order valence-corrected chi connectivity index (χ0v) is 12.6. The number of halogens is 2. The Kier molecular flexibility index (Phi) is 5.82. The average molecular weight is 335 g/mol. The van der Waals surface area contributed by atoms with E-state index in [-0.39, 0.29) is 11.4 Å². The second kappa shape index (κ2) is 8.05. The highest BCUT2D eigenvalue weighted by Gasteiger charge is 2.06. The SMILES string of the molecule is O=C(COC(=O)/C=C/c1ccccc1F)Nc1ccc(Cl)cn1. The third-order valence-corrected chi connectivity index (χ3v) is 2.87. The molecule has 0 aliphatic carbocycles. The number of amides is 1. The zero-order chi connectivity index (χ0) is 16.7. The Balaban J connectivity index is 1.81. The van der Waals surface area contributed by atoms with Gasteiger partial charge in [-0.2, -0.15) is 0 Å². The molecular weight excluding hydrogens is 323 g/mol. The van der Waals surface area contributed by atoms with Crippen molar-refractivity contribution in [3.8, 4) is 0 Å². The molecule has 0 spiro atoms. The molecule has 2 rings (SSSR count). The number of esters is 1. The quantitative estimate of drug-likeness (QED) is 0.674. The van der Waals surface area contributed by atoms with E-state index in [1.54, 1.807) is 18.2 Å². The number of nitrogens with one attached hydrogen (secondary N) is 1. The van der Waals surface area contributed by atoms with Crippen LogP contribution in [0.1, 0.15) is 5.56 Å². The van der Waals surface area contributed by atoms with Crippen molar-refractivity contribution in [3.05, 3.63) is 65.1 Å². The summed E-state index contributed by atoms with van der Waals surface area (Å²) in [4.78, 5) is 26.9. The third kappa shape index (κ3) is 5.52. The first-order valence-electron chi connectivity index (χ1n) is 6.55. The van der Waals surface area contributed by atoms with Gasteiger partial charge in [0.05, 0.1) is 5.02 Å². The van der Waals surface area contributed by atoms with Crippen LogP contribution < -0.4 is 5.32 Å². The molecule has 0 aliphatic heterocycles. The van der Waals surface area contributed by atoms with Crippen LogP contribution in [-0.4, -0.2) is 23.5 Å². The maximum absolute atomic E-state index is 13.3. The van der Waals surface area contributed by atoms with Crippen LogP contribution in [0.4, 0.5) is 10.2 Å². The van der Waals surface area contributed by atoms with Gasteiger partial charge in [0.15, 0.2) is 6.61 Å². The average Bonchev–Trinajstić information content (AvgIpc) is 2.54. The second-order valence-electron chi connectivity index (χ2n) is 4.37. The Hall–Kier alpha value is -2.73. The Bertz CT molecular complexity index is 732. The van der Waals surface area contributed by atoms with Gasteiger partial charge < -0.3 is 10.1 Å². The lowest BCUT2D eigenvalue weighted by Gasteiger charge is -2.04. The van der Waals surface area contributed by atoms with Crippen LogP contribution in [0.3, 0.4) is 0 Å². The summed E-state index contributed by atoms with van der Waals surface area (Å²) in [5.41, 5.74) is 0.249. The summed E-state index contributed by atoms with van der Waals surface area (Å²) < 4.78 is 18.1. The number of carbonyl (C=O) groups is 2. The van der Waals surface area contributed by atoms with Gasteiger partial charge in [-0.1, -0.05) is 29.8 Å². The van der Waals surface area contributed by atoms with Gasteiger partial charge in [0.25, 0.3) is 5.91 Å². The van der Waals surface area contributed by atoms with Gasteiger partial charge in [-0.25, -0.2) is 14.2 Å². The van der Waals surface area contributed by atoms with Crippen molar-refractivity contribution in [1.29, 1.82) is 0 Å². The van der Waals surface area contributed by atoms with Gasteiger partial charge >= 0.3 is 5.97 Å². The summed E-state index contributed by atoms with van der Waals surface area (Å²) in [6.45, 7) is -0.481. The van der Waals surface area contributed by atoms with Crippen molar-refractivity contribution >= 4 is 35.4 Å². The van der Waals surface area contributed by atoms with Gasteiger partial charge in [0.1, 0.15) is 11.6 Å². The van der Waals surface area contributed by atoms with Crippen molar-refractivity contribution in [2.75, 3.05) is 11.9 Å². The molecule has 1 amide bonds. The smallest absolute Gasteiger partial charge is 0.331 e. The van der Waals surface area contributed by atoms with Crippen molar-refractivity contribution in [2.45, 2.75) is 0 Å². The Labute approximate surface area is 136 Å². The summed E-state index contributed by atoms with van der Waals surface area (Å²) in [5, 5.41) is 2.88. The monoisotopic (exact) mass is 334 g/mol. The summed E-state index contributed by atoms with van der Waals surface area (Å²) >= 11 is 5.67. The molecule has 1 heterocycles. The van der Waals surface area contributed by atoms with E-state index in [4.69, 9.17) is 16.3 Å². The summed E-state index contributed by atoms with van der Waals surface area (Å²) in [5.74, 6) is -1.47. The van der Waals surface area contributed by atoms with Crippen LogP contribution in [0, 0.1) is 5.82 Å². The standard InChI is InChI=1S/C16H12ClFN2O3/c17-12-6-7-14(19-9-12)20-15(21)10-23-16(22)8-5-11-3-1-2-4-13(11)18/h1-9H,10H2,(H,19,20,21)/b8-5+. The lowest BCUT2D eigenvalue weighted by atomic mass is 10.2. The molecule has 0 bridgehead atoms. The number of hydrogen-bond acceptors (Lipinski definition) is 4. The topological polar surface area (TPSA) is 68.3 Å². The van der Waals surface area contributed by atoms with Crippen molar-refractivity contribution in [3.63, 3.8) is 0 Å². The normalized spacial score (nSPS) is 10.5. The molecule has 0 saturated heterocycles. The van der Waals surface area contributed by atoms with E-state index < -0.39 is 24.3 Å². The fraction of sp³-hybridized carbons (Fsp3) is 0.0625. The molecule has 0 radical (unpaired) electrons. The highest BCUT2D eigenvalue weighted by Crippen LogP contribution is 2.10. The van der Waals surface area contributed by atoms with E-state index in [0.29, 0.717) is 5.02 Å². The van der Waals surface area contributed by atoms with Gasteiger partial charge in [-0.3, -0.25) is 4.79 Å². The number of pyridine rings is 1. The summed E-state index contributed by atoms with van der Waals surface area (Å²) in [7, 11) is 0. The molecule has 1 aromatic carbocycles. The molecule has 1 aromatic heterocycles. The number of anilines is 1. The van der Waals surface area contributed by atoms with E-state index in [2.05, 4.69) is 10.3 Å². The van der Waals surface area contributed by atoms with E-state index >= 15 is 0 Å². The summed E-state index contributed by atoms with van der Waals surface area (Å²) in [6.07, 6.45) is 3.70. The fourth-order valence-electron chi connectivity index (χ4n) is 1.58. The lowest BCUT2D eigenvalue weighted by molar-refractivity contribution is -0.142. The number of nitrogens with zero attached hydrogens (tertiary/aromatic N) is 1. The third-order valence-electron chi connectivity index (χ3n) is 2.64. The first kappa shape index (κ1) is 16.6. The van der Waals surface area contributed by atoms with E-state index in [1.165, 1.54) is 30.5 Å². The fourth-order valence-corrected chi connectivity index (χ4v) is 1.69. The number of carbonyl (C=O) groups excluding carboxylic acids is 2. The molecular formula is C16H12ClFN2O3. The largest absolute Gasteiger partial charge is 0.452 e. The van der Waals surface area contributed by atoms with Crippen LogP contribution in [0.2, 0.25) is 5.02 Å². The van der Waals surface area contributed by atoms with Crippen molar-refractivity contribution in [1.82, 2.24) is 4.98 Å². The highest BCUT2D eigenvalue weighted by atomic mass is 35.5. The molecule has 23 heavy (non-hydrogen) atoms. The van der Waals surface area contributed by atoms with Gasteiger partial charge in [0, 0.05) is 17.8 Å². The number of aromatic nitrogens is 1. The van der Waals surface area contributed by atoms with E-state index in [9.17, 15) is 14.0 Å². The molecule has 1 N–H and O–H groups in total. The van der Waals surface area contributed by atoms with Crippen molar-refractivity contribution < 1.29 is 18.7 Å². The van der Waals surface area contributed by atoms with E-state index in [1.807, 2.05) is 0 Å². The maximum Gasteiger partial charge on any atom is 0.331 e. The molecule has 0 atom stereocenters. The van der Waals surface area contributed by atoms with Crippen LogP contribution in [-0.2, 0) is 14.3 Å². The predicted octanol–water partition coefficient (Wildman–Crippen LogP) is 3.07. The molecule has 0 aliphatic rings. The Morgan fingerprint density at radius 3 is 2.74 bits per heavy atom. The number of hydrogen-bond donors (Lipinski definition) is 1. The number of benzene rings is 1. The minimum atomic E-state index is -0.757. The summed E-state index contributed by atoms with van der Waals surface area (Å²) in [6, 6.07) is 9.05. The van der Waals surface area contributed by atoms with Crippen LogP contribution in [0.15, 0.2) is 48.7 Å². The van der Waals surface area contributed by atoms with Gasteiger partial charge in [0.2, 0.25) is 0 Å². The predicted molar refractivity (Wildman–Crippen MR) is 84.3 cm³/mol. The number of rotatable bonds is 5. The van der Waals surface area contributed by atoms with E-state index in [0.717, 1.165) is 6.08 Å². The molecule has 0 fully saturated rings. The molecule has 0 unspecified atom stereocenters. The maximum atomic E-state index is 13.3. The van der Waals surface area contributed by atoms with Crippen LogP contribution in [0.5, 0.6) is 0 Å². The first-order valence-corrected chi connectivity index (χ1v) is 6.93.